The van der Waals surface area contributed by atoms with Crippen LogP contribution in [0, 0.1) is 0 Å². The highest BCUT2D eigenvalue weighted by atomic mass is 35.5. The van der Waals surface area contributed by atoms with Crippen LogP contribution in [0.4, 0.5) is 19.0 Å². The standard InChI is InChI=1S/C14H15ClF3N3O/c1-13(2,3)10-6-19-11(22-10)7-21-12-9(15)4-8(5-20-12)14(16,17)18/h4-6H,7H2,1-3H3,(H,20,21). The average molecular weight is 334 g/mol. The lowest BCUT2D eigenvalue weighted by molar-refractivity contribution is -0.137. The summed E-state index contributed by atoms with van der Waals surface area (Å²) in [4.78, 5) is 7.79. The van der Waals surface area contributed by atoms with E-state index in [1.807, 2.05) is 20.8 Å². The summed E-state index contributed by atoms with van der Waals surface area (Å²) in [6.07, 6.45) is -2.12. The fourth-order valence-electron chi connectivity index (χ4n) is 1.62. The van der Waals surface area contributed by atoms with Gasteiger partial charge in [0, 0.05) is 11.6 Å². The average Bonchev–Trinajstić information content (AvgIpc) is 2.84. The Morgan fingerprint density at radius 2 is 1.86 bits per heavy atom. The molecule has 0 aliphatic heterocycles. The van der Waals surface area contributed by atoms with Crippen LogP contribution in [0.15, 0.2) is 22.9 Å². The van der Waals surface area contributed by atoms with E-state index in [0.29, 0.717) is 5.89 Å². The van der Waals surface area contributed by atoms with Gasteiger partial charge in [-0.2, -0.15) is 13.2 Å². The maximum atomic E-state index is 12.5. The van der Waals surface area contributed by atoms with Crippen LogP contribution >= 0.6 is 11.6 Å². The molecule has 0 saturated carbocycles. The van der Waals surface area contributed by atoms with Crippen LogP contribution < -0.4 is 5.32 Å². The van der Waals surface area contributed by atoms with Crippen LogP contribution in [-0.2, 0) is 18.1 Å². The summed E-state index contributed by atoms with van der Waals surface area (Å²) in [7, 11) is 0. The molecule has 2 rings (SSSR count). The molecule has 0 aliphatic rings. The van der Waals surface area contributed by atoms with E-state index in [1.165, 1.54) is 0 Å². The predicted octanol–water partition coefficient (Wildman–Crippen LogP) is 4.65. The zero-order chi connectivity index (χ0) is 16.5. The van der Waals surface area contributed by atoms with Crippen molar-refractivity contribution in [2.75, 3.05) is 5.32 Å². The lowest BCUT2D eigenvalue weighted by Crippen LogP contribution is -2.09. The molecule has 0 fully saturated rings. The number of oxazole rings is 1. The second kappa shape index (κ2) is 5.79. The van der Waals surface area contributed by atoms with Crippen LogP contribution in [0.5, 0.6) is 0 Å². The van der Waals surface area contributed by atoms with E-state index in [9.17, 15) is 13.2 Å². The highest BCUT2D eigenvalue weighted by Gasteiger charge is 2.31. The molecule has 1 N–H and O–H groups in total. The van der Waals surface area contributed by atoms with Crippen molar-refractivity contribution in [3.8, 4) is 0 Å². The Balaban J connectivity index is 2.07. The van der Waals surface area contributed by atoms with Crippen molar-refractivity contribution in [3.05, 3.63) is 40.7 Å². The normalized spacial score (nSPS) is 12.5. The van der Waals surface area contributed by atoms with Crippen LogP contribution in [0.25, 0.3) is 0 Å². The molecule has 22 heavy (non-hydrogen) atoms. The summed E-state index contributed by atoms with van der Waals surface area (Å²) < 4.78 is 43.1. The molecular weight excluding hydrogens is 319 g/mol. The van der Waals surface area contributed by atoms with Gasteiger partial charge in [0.1, 0.15) is 11.6 Å². The van der Waals surface area contributed by atoms with E-state index in [4.69, 9.17) is 16.0 Å². The molecule has 120 valence electrons. The summed E-state index contributed by atoms with van der Waals surface area (Å²) in [5.74, 6) is 1.27. The molecule has 2 heterocycles. The minimum atomic E-state index is -4.47. The minimum absolute atomic E-state index is 0.113. The van der Waals surface area contributed by atoms with Crippen LogP contribution in [-0.4, -0.2) is 9.97 Å². The third kappa shape index (κ3) is 3.91. The molecule has 0 aromatic carbocycles. The Bertz CT molecular complexity index is 662. The van der Waals surface area contributed by atoms with E-state index in [1.54, 1.807) is 6.20 Å². The monoisotopic (exact) mass is 333 g/mol. The van der Waals surface area contributed by atoms with Gasteiger partial charge in [-0.25, -0.2) is 9.97 Å². The topological polar surface area (TPSA) is 51.0 Å². The second-order valence-corrected chi connectivity index (χ2v) is 6.18. The molecule has 0 radical (unpaired) electrons. The third-order valence-corrected chi connectivity index (χ3v) is 3.16. The van der Waals surface area contributed by atoms with Crippen molar-refractivity contribution in [3.63, 3.8) is 0 Å². The van der Waals surface area contributed by atoms with Gasteiger partial charge in [0.25, 0.3) is 0 Å². The van der Waals surface area contributed by atoms with Crippen LogP contribution in [0.2, 0.25) is 5.02 Å². The number of hydrogen-bond acceptors (Lipinski definition) is 4. The zero-order valence-electron chi connectivity index (χ0n) is 12.3. The molecule has 0 unspecified atom stereocenters. The third-order valence-electron chi connectivity index (χ3n) is 2.87. The lowest BCUT2D eigenvalue weighted by atomic mass is 9.94. The van der Waals surface area contributed by atoms with Gasteiger partial charge >= 0.3 is 6.18 Å². The summed E-state index contributed by atoms with van der Waals surface area (Å²) in [6, 6.07) is 0.826. The van der Waals surface area contributed by atoms with Gasteiger partial charge in [0.15, 0.2) is 0 Å². The first-order valence-electron chi connectivity index (χ1n) is 6.49. The fraction of sp³-hybridized carbons (Fsp3) is 0.429. The molecule has 0 bridgehead atoms. The van der Waals surface area contributed by atoms with E-state index in [0.717, 1.165) is 18.0 Å². The highest BCUT2D eigenvalue weighted by Crippen LogP contribution is 2.32. The van der Waals surface area contributed by atoms with Crippen molar-refractivity contribution in [2.24, 2.45) is 0 Å². The summed E-state index contributed by atoms with van der Waals surface area (Å²) in [5, 5.41) is 2.69. The SMILES string of the molecule is CC(C)(C)c1cnc(CNc2ncc(C(F)(F)F)cc2Cl)o1. The smallest absolute Gasteiger partial charge is 0.417 e. The van der Waals surface area contributed by atoms with Gasteiger partial charge in [-0.3, -0.25) is 0 Å². The number of aromatic nitrogens is 2. The predicted molar refractivity (Wildman–Crippen MR) is 76.8 cm³/mol. The van der Waals surface area contributed by atoms with Gasteiger partial charge in [0.2, 0.25) is 5.89 Å². The maximum absolute atomic E-state index is 12.5. The summed E-state index contributed by atoms with van der Waals surface area (Å²) in [6.45, 7) is 6.13. The highest BCUT2D eigenvalue weighted by molar-refractivity contribution is 6.32. The van der Waals surface area contributed by atoms with Gasteiger partial charge in [-0.1, -0.05) is 32.4 Å². The van der Waals surface area contributed by atoms with E-state index in [2.05, 4.69) is 15.3 Å². The van der Waals surface area contributed by atoms with Gasteiger partial charge < -0.3 is 9.73 Å². The van der Waals surface area contributed by atoms with Gasteiger partial charge in [-0.15, -0.1) is 0 Å². The Kier molecular flexibility index (Phi) is 4.37. The quantitative estimate of drug-likeness (QED) is 0.888. The zero-order valence-corrected chi connectivity index (χ0v) is 13.0. The minimum Gasteiger partial charge on any atom is -0.443 e. The Hall–Kier alpha value is -1.76. The molecule has 0 spiro atoms. The van der Waals surface area contributed by atoms with Crippen molar-refractivity contribution in [1.82, 2.24) is 9.97 Å². The largest absolute Gasteiger partial charge is 0.443 e. The number of alkyl halides is 3. The number of anilines is 1. The van der Waals surface area contributed by atoms with Gasteiger partial charge in [-0.05, 0) is 6.07 Å². The Morgan fingerprint density at radius 1 is 1.18 bits per heavy atom. The number of halogens is 4. The first-order chi connectivity index (χ1) is 10.1. The molecule has 4 nitrogen and oxygen atoms in total. The second-order valence-electron chi connectivity index (χ2n) is 5.77. The van der Waals surface area contributed by atoms with Crippen molar-refractivity contribution in [1.29, 1.82) is 0 Å². The number of hydrogen-bond donors (Lipinski definition) is 1. The lowest BCUT2D eigenvalue weighted by Gasteiger charge is -2.13. The number of nitrogens with zero attached hydrogens (tertiary/aromatic N) is 2. The first kappa shape index (κ1) is 16.6. The van der Waals surface area contributed by atoms with Crippen molar-refractivity contribution in [2.45, 2.75) is 38.9 Å². The molecule has 0 aliphatic carbocycles. The molecule has 2 aromatic rings. The molecule has 0 amide bonds. The van der Waals surface area contributed by atoms with Gasteiger partial charge in [0.05, 0.1) is 23.3 Å². The summed E-state index contributed by atoms with van der Waals surface area (Å²) in [5.41, 5.74) is -1.07. The molecule has 0 atom stereocenters. The maximum Gasteiger partial charge on any atom is 0.417 e. The number of nitrogens with one attached hydrogen (secondary N) is 1. The van der Waals surface area contributed by atoms with E-state index < -0.39 is 11.7 Å². The van der Waals surface area contributed by atoms with Crippen molar-refractivity contribution >= 4 is 17.4 Å². The van der Waals surface area contributed by atoms with E-state index >= 15 is 0 Å². The Labute approximate surface area is 130 Å². The molecular formula is C14H15ClF3N3O. The Morgan fingerprint density at radius 3 is 2.36 bits per heavy atom. The molecule has 8 heteroatoms. The molecule has 2 aromatic heterocycles. The summed E-state index contributed by atoms with van der Waals surface area (Å²) >= 11 is 5.80. The number of pyridine rings is 1. The van der Waals surface area contributed by atoms with Crippen LogP contribution in [0.3, 0.4) is 0 Å². The van der Waals surface area contributed by atoms with Crippen molar-refractivity contribution < 1.29 is 17.6 Å². The molecule has 0 saturated heterocycles. The fourth-order valence-corrected chi connectivity index (χ4v) is 1.85. The number of rotatable bonds is 3. The van der Waals surface area contributed by atoms with Crippen LogP contribution in [0.1, 0.15) is 38.0 Å². The van der Waals surface area contributed by atoms with E-state index in [-0.39, 0.29) is 22.8 Å². The first-order valence-corrected chi connectivity index (χ1v) is 6.87.